The highest BCUT2D eigenvalue weighted by Crippen LogP contribution is 2.38. The van der Waals surface area contributed by atoms with Crippen LogP contribution in [0.5, 0.6) is 11.5 Å². The first-order valence-corrected chi connectivity index (χ1v) is 13.6. The van der Waals surface area contributed by atoms with Crippen LogP contribution < -0.4 is 19.7 Å². The molecule has 0 aromatic heterocycles. The fourth-order valence-electron chi connectivity index (χ4n) is 3.89. The number of nitrogens with one attached hydrogen (secondary N) is 1. The van der Waals surface area contributed by atoms with Crippen molar-refractivity contribution in [3.05, 3.63) is 88.3 Å². The van der Waals surface area contributed by atoms with Gasteiger partial charge in [0, 0.05) is 0 Å². The van der Waals surface area contributed by atoms with E-state index in [1.54, 1.807) is 31.2 Å². The van der Waals surface area contributed by atoms with Crippen molar-refractivity contribution >= 4 is 57.6 Å². The van der Waals surface area contributed by atoms with Crippen LogP contribution in [-0.2, 0) is 22.2 Å². The van der Waals surface area contributed by atoms with Crippen molar-refractivity contribution < 1.29 is 32.2 Å². The topological polar surface area (TPSA) is 67.9 Å². The molecule has 208 valence electrons. The molecular weight excluding hydrogens is 561 g/mol. The summed E-state index contributed by atoms with van der Waals surface area (Å²) in [5, 5.41) is 2.24. The Balaban J connectivity index is 1.47. The summed E-state index contributed by atoms with van der Waals surface area (Å²) in [6.45, 7) is 3.57. The molecule has 0 atom stereocenters. The quantitative estimate of drug-likeness (QED) is 0.213. The first-order chi connectivity index (χ1) is 19.1. The highest BCUT2D eigenvalue weighted by molar-refractivity contribution is 8.27. The third-order valence-electron chi connectivity index (χ3n) is 5.83. The molecule has 4 rings (SSSR count). The van der Waals surface area contributed by atoms with Gasteiger partial charge in [0.25, 0.3) is 11.8 Å². The van der Waals surface area contributed by atoms with Crippen molar-refractivity contribution in [2.24, 2.45) is 0 Å². The standard InChI is InChI=1S/C29H25F3N2O4S2/c1-3-18-9-12-20(13-10-18)34-27(36)25(40-28(34)39)16-19-11-14-23(24(15-19)37-4-2)38-17-26(35)33-22-8-6-5-7-21(22)29(30,31)32/h5-16H,3-4,17H2,1-2H3,(H,33,35)/b25-16-. The number of carbonyl (C=O) groups is 2. The Morgan fingerprint density at radius 1 is 1.02 bits per heavy atom. The number of aryl methyl sites for hydroxylation is 1. The van der Waals surface area contributed by atoms with Crippen molar-refractivity contribution in [1.82, 2.24) is 0 Å². The number of hydrogen-bond donors (Lipinski definition) is 1. The molecule has 0 aliphatic carbocycles. The number of carbonyl (C=O) groups excluding carboxylic acids is 2. The van der Waals surface area contributed by atoms with Gasteiger partial charge in [0.2, 0.25) is 0 Å². The summed E-state index contributed by atoms with van der Waals surface area (Å²) in [6.07, 6.45) is -2.04. The smallest absolute Gasteiger partial charge is 0.418 e. The van der Waals surface area contributed by atoms with Crippen LogP contribution >= 0.6 is 24.0 Å². The average molecular weight is 587 g/mol. The molecule has 40 heavy (non-hydrogen) atoms. The molecule has 11 heteroatoms. The summed E-state index contributed by atoms with van der Waals surface area (Å²) in [4.78, 5) is 27.4. The third kappa shape index (κ3) is 6.83. The normalized spacial score (nSPS) is 14.5. The number of anilines is 2. The van der Waals surface area contributed by atoms with Crippen LogP contribution in [0.1, 0.15) is 30.5 Å². The SMILES string of the molecule is CCOc1cc(/C=C2\SC(=S)N(c3ccc(CC)cc3)C2=O)ccc1OCC(=O)Nc1ccccc1C(F)(F)F. The molecule has 0 radical (unpaired) electrons. The lowest BCUT2D eigenvalue weighted by Gasteiger charge is -2.15. The number of alkyl halides is 3. The van der Waals surface area contributed by atoms with Gasteiger partial charge in [-0.1, -0.05) is 61.2 Å². The van der Waals surface area contributed by atoms with Gasteiger partial charge in [-0.15, -0.1) is 0 Å². The molecule has 0 spiro atoms. The maximum Gasteiger partial charge on any atom is 0.418 e. The molecule has 0 bridgehead atoms. The largest absolute Gasteiger partial charge is 0.490 e. The summed E-state index contributed by atoms with van der Waals surface area (Å²) >= 11 is 6.65. The van der Waals surface area contributed by atoms with Gasteiger partial charge in [-0.3, -0.25) is 14.5 Å². The van der Waals surface area contributed by atoms with E-state index in [0.717, 1.165) is 18.1 Å². The molecular formula is C29H25F3N2O4S2. The molecule has 3 aromatic rings. The predicted molar refractivity (Wildman–Crippen MR) is 155 cm³/mol. The van der Waals surface area contributed by atoms with E-state index >= 15 is 0 Å². The van der Waals surface area contributed by atoms with Gasteiger partial charge in [0.15, 0.2) is 22.4 Å². The Morgan fingerprint density at radius 2 is 1.75 bits per heavy atom. The maximum atomic E-state index is 13.2. The van der Waals surface area contributed by atoms with E-state index in [-0.39, 0.29) is 17.3 Å². The number of thiocarbonyl (C=S) groups is 1. The lowest BCUT2D eigenvalue weighted by atomic mass is 10.1. The highest BCUT2D eigenvalue weighted by Gasteiger charge is 2.34. The zero-order chi connectivity index (χ0) is 28.9. The molecule has 2 amide bonds. The van der Waals surface area contributed by atoms with Gasteiger partial charge in [0.1, 0.15) is 0 Å². The molecule has 0 saturated carbocycles. The molecule has 1 N–H and O–H groups in total. The first-order valence-electron chi connectivity index (χ1n) is 12.3. The Bertz CT molecular complexity index is 1460. The van der Waals surface area contributed by atoms with Crippen LogP contribution in [0.3, 0.4) is 0 Å². The maximum absolute atomic E-state index is 13.2. The third-order valence-corrected chi connectivity index (χ3v) is 7.13. The minimum Gasteiger partial charge on any atom is -0.490 e. The number of benzene rings is 3. The van der Waals surface area contributed by atoms with E-state index in [1.807, 2.05) is 24.3 Å². The van der Waals surface area contributed by atoms with E-state index in [9.17, 15) is 22.8 Å². The predicted octanol–water partition coefficient (Wildman–Crippen LogP) is 7.09. The van der Waals surface area contributed by atoms with E-state index in [2.05, 4.69) is 12.2 Å². The van der Waals surface area contributed by atoms with E-state index < -0.39 is 24.3 Å². The van der Waals surface area contributed by atoms with Crippen LogP contribution in [0.25, 0.3) is 6.08 Å². The molecule has 1 saturated heterocycles. The number of hydrogen-bond acceptors (Lipinski definition) is 6. The van der Waals surface area contributed by atoms with E-state index in [0.29, 0.717) is 32.8 Å². The van der Waals surface area contributed by atoms with Crippen molar-refractivity contribution in [2.45, 2.75) is 26.4 Å². The van der Waals surface area contributed by atoms with Crippen molar-refractivity contribution in [3.8, 4) is 11.5 Å². The van der Waals surface area contributed by atoms with Gasteiger partial charge in [0.05, 0.1) is 28.5 Å². The lowest BCUT2D eigenvalue weighted by Crippen LogP contribution is -2.27. The Morgan fingerprint density at radius 3 is 2.42 bits per heavy atom. The van der Waals surface area contributed by atoms with Gasteiger partial charge < -0.3 is 14.8 Å². The van der Waals surface area contributed by atoms with Crippen molar-refractivity contribution in [1.29, 1.82) is 0 Å². The number of amides is 2. The fraction of sp³-hybridized carbons (Fsp3) is 0.207. The summed E-state index contributed by atoms with van der Waals surface area (Å²) in [5.74, 6) is -0.473. The lowest BCUT2D eigenvalue weighted by molar-refractivity contribution is -0.137. The summed E-state index contributed by atoms with van der Waals surface area (Å²) in [6, 6.07) is 17.2. The molecule has 1 aliphatic rings. The van der Waals surface area contributed by atoms with Crippen LogP contribution in [0.2, 0.25) is 0 Å². The van der Waals surface area contributed by atoms with Crippen LogP contribution in [-0.4, -0.2) is 29.3 Å². The van der Waals surface area contributed by atoms with Gasteiger partial charge in [-0.25, -0.2) is 0 Å². The van der Waals surface area contributed by atoms with Crippen molar-refractivity contribution in [3.63, 3.8) is 0 Å². The van der Waals surface area contributed by atoms with Crippen molar-refractivity contribution in [2.75, 3.05) is 23.4 Å². The van der Waals surface area contributed by atoms with E-state index in [1.165, 1.54) is 34.9 Å². The minimum atomic E-state index is -4.61. The monoisotopic (exact) mass is 586 g/mol. The second kappa shape index (κ2) is 12.6. The van der Waals surface area contributed by atoms with Crippen LogP contribution in [0.4, 0.5) is 24.5 Å². The number of rotatable bonds is 9. The number of para-hydroxylation sites is 1. The number of nitrogens with zero attached hydrogens (tertiary/aromatic N) is 1. The number of halogens is 3. The Kier molecular flexibility index (Phi) is 9.16. The molecule has 6 nitrogen and oxygen atoms in total. The minimum absolute atomic E-state index is 0.224. The second-order valence-corrected chi connectivity index (χ2v) is 10.2. The molecule has 0 unspecified atom stereocenters. The molecule has 1 aliphatic heterocycles. The number of thioether (sulfide) groups is 1. The zero-order valence-electron chi connectivity index (χ0n) is 21.6. The van der Waals surface area contributed by atoms with Gasteiger partial charge in [-0.2, -0.15) is 13.2 Å². The highest BCUT2D eigenvalue weighted by atomic mass is 32.2. The van der Waals surface area contributed by atoms with Gasteiger partial charge >= 0.3 is 6.18 Å². The summed E-state index contributed by atoms with van der Waals surface area (Å²) in [7, 11) is 0. The first kappa shape index (κ1) is 29.2. The summed E-state index contributed by atoms with van der Waals surface area (Å²) in [5.41, 5.74) is 1.17. The average Bonchev–Trinajstić information content (AvgIpc) is 3.20. The molecule has 3 aromatic carbocycles. The number of ether oxygens (including phenoxy) is 2. The molecule has 1 heterocycles. The fourth-order valence-corrected chi connectivity index (χ4v) is 5.19. The van der Waals surface area contributed by atoms with Crippen LogP contribution in [0, 0.1) is 0 Å². The zero-order valence-corrected chi connectivity index (χ0v) is 23.2. The Labute approximate surface area is 239 Å². The van der Waals surface area contributed by atoms with Gasteiger partial charge in [-0.05, 0) is 66.9 Å². The molecule has 1 fully saturated rings. The summed E-state index contributed by atoms with van der Waals surface area (Å²) < 4.78 is 51.3. The van der Waals surface area contributed by atoms with Crippen LogP contribution in [0.15, 0.2) is 71.6 Å². The second-order valence-electron chi connectivity index (χ2n) is 8.56. The Hall–Kier alpha value is -3.83. The van der Waals surface area contributed by atoms with E-state index in [4.69, 9.17) is 21.7 Å².